The number of methoxy groups -OCH3 is 2. The van der Waals surface area contributed by atoms with Gasteiger partial charge in [-0.25, -0.2) is 0 Å². The SMILES string of the molecule is COc1cc(-c2oc3cc(OC(C)=O)c(OC(C)=O)c(OC(C)=O)c3c(=O)c2OC)ccc1OC(C)=O. The third-order valence-corrected chi connectivity index (χ3v) is 4.65. The fraction of sp³-hybridized carbons (Fsp3) is 0.240. The van der Waals surface area contributed by atoms with Crippen LogP contribution in [0.4, 0.5) is 0 Å². The zero-order valence-electron chi connectivity index (χ0n) is 20.7. The molecule has 0 unspecified atom stereocenters. The fourth-order valence-corrected chi connectivity index (χ4v) is 3.40. The lowest BCUT2D eigenvalue weighted by Gasteiger charge is -2.17. The second-order valence-electron chi connectivity index (χ2n) is 7.44. The number of benzene rings is 2. The predicted octanol–water partition coefficient (Wildman–Crippen LogP) is 3.18. The van der Waals surface area contributed by atoms with E-state index in [-0.39, 0.29) is 45.3 Å². The van der Waals surface area contributed by atoms with Crippen LogP contribution in [0.3, 0.4) is 0 Å². The molecule has 0 saturated heterocycles. The van der Waals surface area contributed by atoms with E-state index in [1.165, 1.54) is 39.3 Å². The Labute approximate surface area is 209 Å². The first kappa shape index (κ1) is 26.7. The van der Waals surface area contributed by atoms with Gasteiger partial charge >= 0.3 is 23.9 Å². The number of esters is 4. The molecule has 1 heterocycles. The van der Waals surface area contributed by atoms with Crippen molar-refractivity contribution < 1.29 is 52.0 Å². The van der Waals surface area contributed by atoms with Crippen molar-refractivity contribution in [2.45, 2.75) is 27.7 Å². The summed E-state index contributed by atoms with van der Waals surface area (Å²) in [5, 5.41) is -0.313. The molecule has 37 heavy (non-hydrogen) atoms. The van der Waals surface area contributed by atoms with E-state index in [4.69, 9.17) is 32.8 Å². The second-order valence-corrected chi connectivity index (χ2v) is 7.44. The van der Waals surface area contributed by atoms with Gasteiger partial charge in [0.2, 0.25) is 16.9 Å². The zero-order valence-corrected chi connectivity index (χ0v) is 20.7. The van der Waals surface area contributed by atoms with Gasteiger partial charge in [0.15, 0.2) is 28.8 Å². The second kappa shape index (κ2) is 10.8. The van der Waals surface area contributed by atoms with Gasteiger partial charge in [-0.2, -0.15) is 0 Å². The van der Waals surface area contributed by atoms with E-state index >= 15 is 0 Å². The van der Waals surface area contributed by atoms with Crippen molar-refractivity contribution in [2.75, 3.05) is 14.2 Å². The monoisotopic (exact) mass is 514 g/mol. The number of hydrogen-bond donors (Lipinski definition) is 0. The molecule has 0 spiro atoms. The molecule has 0 bridgehead atoms. The van der Waals surface area contributed by atoms with Crippen LogP contribution in [-0.4, -0.2) is 38.1 Å². The summed E-state index contributed by atoms with van der Waals surface area (Å²) in [6.45, 7) is 4.45. The molecule has 0 fully saturated rings. The van der Waals surface area contributed by atoms with Crippen LogP contribution < -0.4 is 33.8 Å². The maximum atomic E-state index is 13.6. The van der Waals surface area contributed by atoms with Gasteiger partial charge in [-0.1, -0.05) is 0 Å². The summed E-state index contributed by atoms with van der Waals surface area (Å²) in [6.07, 6.45) is 0. The van der Waals surface area contributed by atoms with Crippen LogP contribution in [0.15, 0.2) is 33.5 Å². The van der Waals surface area contributed by atoms with Crippen molar-refractivity contribution >= 4 is 34.8 Å². The molecule has 0 aliphatic heterocycles. The molecule has 0 N–H and O–H groups in total. The highest BCUT2D eigenvalue weighted by Gasteiger charge is 2.28. The third-order valence-electron chi connectivity index (χ3n) is 4.65. The third kappa shape index (κ3) is 5.69. The Balaban J connectivity index is 2.42. The highest BCUT2D eigenvalue weighted by Crippen LogP contribution is 2.45. The minimum atomic E-state index is -0.858. The van der Waals surface area contributed by atoms with Gasteiger partial charge in [0, 0.05) is 39.3 Å². The Kier molecular flexibility index (Phi) is 7.81. The summed E-state index contributed by atoms with van der Waals surface area (Å²) in [5.41, 5.74) is -0.691. The number of rotatable bonds is 7. The molecule has 3 rings (SSSR count). The van der Waals surface area contributed by atoms with Crippen LogP contribution in [0.1, 0.15) is 27.7 Å². The Morgan fingerprint density at radius 2 is 1.22 bits per heavy atom. The van der Waals surface area contributed by atoms with Crippen molar-refractivity contribution in [2.24, 2.45) is 0 Å². The molecule has 12 heteroatoms. The molecule has 194 valence electrons. The first-order chi connectivity index (χ1) is 17.5. The van der Waals surface area contributed by atoms with Gasteiger partial charge in [0.05, 0.1) is 14.2 Å². The van der Waals surface area contributed by atoms with E-state index in [0.29, 0.717) is 0 Å². The van der Waals surface area contributed by atoms with E-state index in [1.54, 1.807) is 0 Å². The molecule has 0 aliphatic carbocycles. The molecule has 0 radical (unpaired) electrons. The minimum absolute atomic E-state index is 0.0736. The van der Waals surface area contributed by atoms with E-state index in [9.17, 15) is 24.0 Å². The predicted molar refractivity (Wildman–Crippen MR) is 126 cm³/mol. The molecule has 0 aliphatic rings. The molecule has 12 nitrogen and oxygen atoms in total. The van der Waals surface area contributed by atoms with Crippen LogP contribution in [0.2, 0.25) is 0 Å². The fourth-order valence-electron chi connectivity index (χ4n) is 3.40. The zero-order chi connectivity index (χ0) is 27.4. The summed E-state index contributed by atoms with van der Waals surface area (Å²) in [6, 6.07) is 5.49. The van der Waals surface area contributed by atoms with Crippen LogP contribution >= 0.6 is 0 Å². The first-order valence-corrected chi connectivity index (χ1v) is 10.6. The van der Waals surface area contributed by atoms with Gasteiger partial charge in [-0.3, -0.25) is 24.0 Å². The van der Waals surface area contributed by atoms with E-state index < -0.39 is 40.8 Å². The van der Waals surface area contributed by atoms with Gasteiger partial charge in [-0.05, 0) is 18.2 Å². The van der Waals surface area contributed by atoms with Crippen LogP contribution in [-0.2, 0) is 19.2 Å². The summed E-state index contributed by atoms with van der Waals surface area (Å²) >= 11 is 0. The average Bonchev–Trinajstić information content (AvgIpc) is 2.79. The molecule has 0 atom stereocenters. The molecule has 0 amide bonds. The Bertz CT molecular complexity index is 1480. The number of fused-ring (bicyclic) bond motifs is 1. The van der Waals surface area contributed by atoms with Crippen LogP contribution in [0.5, 0.6) is 34.5 Å². The highest BCUT2D eigenvalue weighted by atomic mass is 16.6. The van der Waals surface area contributed by atoms with Crippen molar-refractivity contribution in [3.63, 3.8) is 0 Å². The van der Waals surface area contributed by atoms with E-state index in [2.05, 4.69) is 0 Å². The summed E-state index contributed by atoms with van der Waals surface area (Å²) in [5.74, 6) is -4.45. The van der Waals surface area contributed by atoms with Crippen molar-refractivity contribution in [3.8, 4) is 45.8 Å². The van der Waals surface area contributed by atoms with Crippen LogP contribution in [0, 0.1) is 0 Å². The van der Waals surface area contributed by atoms with E-state index in [1.807, 2.05) is 0 Å². The number of carbonyl (C=O) groups excluding carboxylic acids is 4. The quantitative estimate of drug-likeness (QED) is 0.336. The molecule has 0 saturated carbocycles. The van der Waals surface area contributed by atoms with Crippen LogP contribution in [0.25, 0.3) is 22.3 Å². The van der Waals surface area contributed by atoms with Gasteiger partial charge in [0.1, 0.15) is 11.0 Å². The molecule has 3 aromatic rings. The Morgan fingerprint density at radius 3 is 1.76 bits per heavy atom. The topological polar surface area (TPSA) is 154 Å². The largest absolute Gasteiger partial charge is 0.493 e. The summed E-state index contributed by atoms with van der Waals surface area (Å²) in [4.78, 5) is 60.3. The lowest BCUT2D eigenvalue weighted by atomic mass is 10.1. The van der Waals surface area contributed by atoms with Crippen molar-refractivity contribution in [1.29, 1.82) is 0 Å². The molecule has 2 aromatic carbocycles. The summed E-state index contributed by atoms with van der Waals surface area (Å²) in [7, 11) is 2.57. The number of ether oxygens (including phenoxy) is 6. The number of carbonyl (C=O) groups is 4. The lowest BCUT2D eigenvalue weighted by Crippen LogP contribution is -2.15. The minimum Gasteiger partial charge on any atom is -0.493 e. The highest BCUT2D eigenvalue weighted by molar-refractivity contribution is 5.95. The normalized spacial score (nSPS) is 10.4. The standard InChI is InChI=1S/C25H22O12/c1-11(26)33-16-8-7-15(9-17(16)31-5)22-25(32-6)21(30)20-18(37-22)10-19(34-12(2)27)23(35-13(3)28)24(20)36-14(4)29/h7-10H,1-6H3. The van der Waals surface area contributed by atoms with Gasteiger partial charge < -0.3 is 32.8 Å². The van der Waals surface area contributed by atoms with E-state index in [0.717, 1.165) is 26.8 Å². The Morgan fingerprint density at radius 1 is 0.649 bits per heavy atom. The lowest BCUT2D eigenvalue weighted by molar-refractivity contribution is -0.135. The number of hydrogen-bond acceptors (Lipinski definition) is 12. The smallest absolute Gasteiger partial charge is 0.308 e. The maximum absolute atomic E-state index is 13.6. The molecule has 1 aromatic heterocycles. The average molecular weight is 514 g/mol. The van der Waals surface area contributed by atoms with Gasteiger partial charge in [-0.15, -0.1) is 0 Å². The Hall–Kier alpha value is -4.87. The first-order valence-electron chi connectivity index (χ1n) is 10.6. The van der Waals surface area contributed by atoms with Crippen molar-refractivity contribution in [3.05, 3.63) is 34.5 Å². The maximum Gasteiger partial charge on any atom is 0.308 e. The van der Waals surface area contributed by atoms with Crippen molar-refractivity contribution in [1.82, 2.24) is 0 Å². The molecular weight excluding hydrogens is 492 g/mol. The van der Waals surface area contributed by atoms with Gasteiger partial charge in [0.25, 0.3) is 0 Å². The molecular formula is C25H22O12. The summed E-state index contributed by atoms with van der Waals surface area (Å²) < 4.78 is 37.1.